The fourth-order valence-electron chi connectivity index (χ4n) is 3.07. The van der Waals surface area contributed by atoms with Crippen LogP contribution in [0.25, 0.3) is 0 Å². The first-order chi connectivity index (χ1) is 13.0. The Morgan fingerprint density at radius 3 is 2.36 bits per heavy atom. The number of nitrogens with zero attached hydrogens (tertiary/aromatic N) is 3. The van der Waals surface area contributed by atoms with Gasteiger partial charge in [-0.2, -0.15) is 5.10 Å². The second-order valence-corrected chi connectivity index (χ2v) is 8.34. The van der Waals surface area contributed by atoms with E-state index in [1.807, 2.05) is 41.9 Å². The third-order valence-electron chi connectivity index (χ3n) is 4.65. The summed E-state index contributed by atoms with van der Waals surface area (Å²) in [6.45, 7) is 15.0. The molecule has 6 heteroatoms. The van der Waals surface area contributed by atoms with Gasteiger partial charge in [-0.3, -0.25) is 14.3 Å². The van der Waals surface area contributed by atoms with E-state index in [1.54, 1.807) is 11.8 Å². The Bertz CT molecular complexity index is 846. The van der Waals surface area contributed by atoms with Gasteiger partial charge >= 0.3 is 0 Å². The third kappa shape index (κ3) is 5.00. The average molecular weight is 385 g/mol. The maximum absolute atomic E-state index is 12.9. The Kier molecular flexibility index (Phi) is 6.65. The zero-order valence-electron chi connectivity index (χ0n) is 18.0. The van der Waals surface area contributed by atoms with E-state index in [2.05, 4.69) is 45.0 Å². The van der Waals surface area contributed by atoms with E-state index in [4.69, 9.17) is 0 Å². The van der Waals surface area contributed by atoms with Crippen LogP contribution in [0.4, 0.5) is 5.69 Å². The van der Waals surface area contributed by atoms with Gasteiger partial charge in [0.15, 0.2) is 5.69 Å². The summed E-state index contributed by atoms with van der Waals surface area (Å²) in [5.74, 6) is 0.0200. The first-order valence-electron chi connectivity index (χ1n) is 9.79. The minimum absolute atomic E-state index is 0.00845. The SMILES string of the molecule is CCN(Cc1ccccc1NC(=O)c1cc(C(C)C)n(C(C)(C)C)n1)C(C)=O. The molecule has 0 aliphatic carbocycles. The fourth-order valence-corrected chi connectivity index (χ4v) is 3.07. The van der Waals surface area contributed by atoms with Gasteiger partial charge in [0.1, 0.15) is 0 Å². The highest BCUT2D eigenvalue weighted by Crippen LogP contribution is 2.24. The molecule has 1 heterocycles. The lowest BCUT2D eigenvalue weighted by atomic mass is 10.1. The summed E-state index contributed by atoms with van der Waals surface area (Å²) >= 11 is 0. The van der Waals surface area contributed by atoms with Crippen LogP contribution in [0.3, 0.4) is 0 Å². The Hall–Kier alpha value is -2.63. The molecule has 0 atom stereocenters. The van der Waals surface area contributed by atoms with Crippen molar-refractivity contribution in [1.82, 2.24) is 14.7 Å². The number of para-hydroxylation sites is 1. The van der Waals surface area contributed by atoms with Gasteiger partial charge < -0.3 is 10.2 Å². The first kappa shape index (κ1) is 21.7. The summed E-state index contributed by atoms with van der Waals surface area (Å²) < 4.78 is 1.92. The van der Waals surface area contributed by atoms with Gasteiger partial charge in [0.25, 0.3) is 5.91 Å². The molecule has 0 aliphatic heterocycles. The molecule has 0 fully saturated rings. The summed E-state index contributed by atoms with van der Waals surface area (Å²) in [4.78, 5) is 26.4. The van der Waals surface area contributed by atoms with E-state index in [0.717, 1.165) is 11.3 Å². The Morgan fingerprint density at radius 1 is 1.21 bits per heavy atom. The maximum atomic E-state index is 12.9. The standard InChI is InChI=1S/C22H32N4O2/c1-8-25(16(4)27)14-17-11-9-10-12-18(17)23-21(28)19-13-20(15(2)3)26(24-19)22(5,6)7/h9-13,15H,8,14H2,1-7H3,(H,23,28). The summed E-state index contributed by atoms with van der Waals surface area (Å²) in [6, 6.07) is 9.42. The van der Waals surface area contributed by atoms with Crippen LogP contribution in [0, 0.1) is 0 Å². The molecule has 2 rings (SSSR count). The second-order valence-electron chi connectivity index (χ2n) is 8.34. The molecule has 0 saturated carbocycles. The largest absolute Gasteiger partial charge is 0.339 e. The van der Waals surface area contributed by atoms with Gasteiger partial charge in [-0.15, -0.1) is 0 Å². The van der Waals surface area contributed by atoms with Crippen molar-refractivity contribution in [3.63, 3.8) is 0 Å². The van der Waals surface area contributed by atoms with E-state index < -0.39 is 0 Å². The van der Waals surface area contributed by atoms with Gasteiger partial charge in [0, 0.05) is 31.4 Å². The summed E-state index contributed by atoms with van der Waals surface area (Å²) in [7, 11) is 0. The van der Waals surface area contributed by atoms with Gasteiger partial charge in [-0.1, -0.05) is 32.0 Å². The van der Waals surface area contributed by atoms with Crippen molar-refractivity contribution in [2.75, 3.05) is 11.9 Å². The van der Waals surface area contributed by atoms with E-state index in [1.165, 1.54) is 0 Å². The van der Waals surface area contributed by atoms with Crippen LogP contribution in [-0.4, -0.2) is 33.0 Å². The van der Waals surface area contributed by atoms with E-state index in [0.29, 0.717) is 24.5 Å². The predicted octanol–water partition coefficient (Wildman–Crippen LogP) is 4.38. The smallest absolute Gasteiger partial charge is 0.276 e. The number of carbonyl (C=O) groups excluding carboxylic acids is 2. The van der Waals surface area contributed by atoms with Crippen molar-refractivity contribution in [1.29, 1.82) is 0 Å². The molecule has 2 amide bonds. The average Bonchev–Trinajstić information content (AvgIpc) is 3.07. The van der Waals surface area contributed by atoms with Crippen molar-refractivity contribution in [3.05, 3.63) is 47.3 Å². The Labute approximate surface area is 167 Å². The molecule has 0 saturated heterocycles. The highest BCUT2D eigenvalue weighted by molar-refractivity contribution is 6.03. The van der Waals surface area contributed by atoms with Crippen molar-refractivity contribution in [3.8, 4) is 0 Å². The molecule has 0 radical (unpaired) electrons. The lowest BCUT2D eigenvalue weighted by Crippen LogP contribution is -2.28. The number of hydrogen-bond acceptors (Lipinski definition) is 3. The van der Waals surface area contributed by atoms with Crippen LogP contribution < -0.4 is 5.32 Å². The number of hydrogen-bond donors (Lipinski definition) is 1. The lowest BCUT2D eigenvalue weighted by Gasteiger charge is -2.23. The molecule has 0 aliphatic rings. The van der Waals surface area contributed by atoms with Crippen LogP contribution in [0.1, 0.15) is 76.1 Å². The highest BCUT2D eigenvalue weighted by atomic mass is 16.2. The van der Waals surface area contributed by atoms with E-state index in [9.17, 15) is 9.59 Å². The Morgan fingerprint density at radius 2 is 1.86 bits per heavy atom. The van der Waals surface area contributed by atoms with E-state index in [-0.39, 0.29) is 23.3 Å². The zero-order valence-corrected chi connectivity index (χ0v) is 18.0. The number of amides is 2. The first-order valence-corrected chi connectivity index (χ1v) is 9.79. The lowest BCUT2D eigenvalue weighted by molar-refractivity contribution is -0.129. The molecule has 0 bridgehead atoms. The number of benzene rings is 1. The van der Waals surface area contributed by atoms with Crippen molar-refractivity contribution < 1.29 is 9.59 Å². The number of aromatic nitrogens is 2. The maximum Gasteiger partial charge on any atom is 0.276 e. The highest BCUT2D eigenvalue weighted by Gasteiger charge is 2.24. The molecule has 28 heavy (non-hydrogen) atoms. The number of nitrogens with one attached hydrogen (secondary N) is 1. The number of anilines is 1. The minimum atomic E-state index is -0.247. The van der Waals surface area contributed by atoms with Crippen molar-refractivity contribution in [2.24, 2.45) is 0 Å². The van der Waals surface area contributed by atoms with Crippen LogP contribution in [-0.2, 0) is 16.9 Å². The summed E-state index contributed by atoms with van der Waals surface area (Å²) in [5, 5.41) is 7.55. The molecule has 1 aromatic heterocycles. The zero-order chi connectivity index (χ0) is 21.1. The monoisotopic (exact) mass is 384 g/mol. The third-order valence-corrected chi connectivity index (χ3v) is 4.65. The summed E-state index contributed by atoms with van der Waals surface area (Å²) in [5.41, 5.74) is 2.81. The topological polar surface area (TPSA) is 67.2 Å². The van der Waals surface area contributed by atoms with E-state index >= 15 is 0 Å². The van der Waals surface area contributed by atoms with Crippen LogP contribution in [0.2, 0.25) is 0 Å². The second kappa shape index (κ2) is 8.59. The molecule has 1 aromatic carbocycles. The van der Waals surface area contributed by atoms with Gasteiger partial charge in [-0.05, 0) is 51.3 Å². The number of rotatable bonds is 6. The molecular weight excluding hydrogens is 352 g/mol. The molecule has 6 nitrogen and oxygen atoms in total. The van der Waals surface area contributed by atoms with Gasteiger partial charge in [0.2, 0.25) is 5.91 Å². The van der Waals surface area contributed by atoms with Crippen LogP contribution in [0.15, 0.2) is 30.3 Å². The molecule has 152 valence electrons. The predicted molar refractivity (Wildman–Crippen MR) is 112 cm³/mol. The quantitative estimate of drug-likeness (QED) is 0.803. The molecular formula is C22H32N4O2. The van der Waals surface area contributed by atoms with Crippen LogP contribution >= 0.6 is 0 Å². The van der Waals surface area contributed by atoms with Crippen molar-refractivity contribution >= 4 is 17.5 Å². The fraction of sp³-hybridized carbons (Fsp3) is 0.500. The van der Waals surface area contributed by atoms with Gasteiger partial charge in [-0.25, -0.2) is 0 Å². The molecule has 0 spiro atoms. The molecule has 0 unspecified atom stereocenters. The van der Waals surface area contributed by atoms with Gasteiger partial charge in [0.05, 0.1) is 5.54 Å². The number of carbonyl (C=O) groups is 2. The normalized spacial score (nSPS) is 11.6. The van der Waals surface area contributed by atoms with Crippen molar-refractivity contribution in [2.45, 2.75) is 66.5 Å². The molecule has 2 aromatic rings. The van der Waals surface area contributed by atoms with Crippen LogP contribution in [0.5, 0.6) is 0 Å². The Balaban J connectivity index is 2.30. The molecule has 1 N–H and O–H groups in total. The minimum Gasteiger partial charge on any atom is -0.339 e. The summed E-state index contributed by atoms with van der Waals surface area (Å²) in [6.07, 6.45) is 0.